The van der Waals surface area contributed by atoms with Gasteiger partial charge in [0.15, 0.2) is 0 Å². The molecule has 0 N–H and O–H groups in total. The van der Waals surface area contributed by atoms with Gasteiger partial charge in [-0.15, -0.1) is 0 Å². The second-order valence-corrected chi connectivity index (χ2v) is 15.9. The minimum absolute atomic E-state index is 0.653. The summed E-state index contributed by atoms with van der Waals surface area (Å²) in [5.74, 6) is 0. The van der Waals surface area contributed by atoms with E-state index in [2.05, 4.69) is 194 Å². The molecular weight excluding hydrogens is 590 g/mol. The van der Waals surface area contributed by atoms with Crippen molar-refractivity contribution in [3.63, 3.8) is 0 Å². The third kappa shape index (κ3) is 5.79. The Kier molecular flexibility index (Phi) is 8.00. The fraction of sp³-hybridized carbons (Fsp3) is 0. The summed E-state index contributed by atoms with van der Waals surface area (Å²) >= 11 is 0. The van der Waals surface area contributed by atoms with Crippen molar-refractivity contribution >= 4 is 69.2 Å². The molecule has 0 aliphatic carbocycles. The van der Waals surface area contributed by atoms with Crippen LogP contribution in [0.4, 0.5) is 0 Å². The SMILES string of the molecule is c1ccc(P(c2ccccc2)c2ccc3ccc(-c4ccc5ccc(P(c6ccccc6)c6ccccc6)cc5c4)cc3c2)cc1. The Morgan fingerprint density at radius 1 is 0.217 bits per heavy atom. The van der Waals surface area contributed by atoms with Crippen molar-refractivity contribution in [2.45, 2.75) is 0 Å². The topological polar surface area (TPSA) is 0 Å². The fourth-order valence-corrected chi connectivity index (χ4v) is 11.0. The number of hydrogen-bond acceptors (Lipinski definition) is 0. The molecule has 0 nitrogen and oxygen atoms in total. The highest BCUT2D eigenvalue weighted by Gasteiger charge is 2.18. The molecular formula is C44H32P2. The lowest BCUT2D eigenvalue weighted by Gasteiger charge is -2.20. The molecule has 46 heavy (non-hydrogen) atoms. The van der Waals surface area contributed by atoms with E-state index in [0.29, 0.717) is 0 Å². The van der Waals surface area contributed by atoms with Gasteiger partial charge in [-0.25, -0.2) is 0 Å². The first kappa shape index (κ1) is 28.6. The van der Waals surface area contributed by atoms with Gasteiger partial charge in [-0.05, 0) is 105 Å². The summed E-state index contributed by atoms with van der Waals surface area (Å²) in [6, 6.07) is 71.7. The highest BCUT2D eigenvalue weighted by atomic mass is 31.1. The number of rotatable bonds is 7. The summed E-state index contributed by atoms with van der Waals surface area (Å²) in [5.41, 5.74) is 2.49. The fourth-order valence-electron chi connectivity index (χ4n) is 6.31. The maximum absolute atomic E-state index is 2.41. The molecule has 0 unspecified atom stereocenters. The standard InChI is InChI=1S/C44H32P2/c1-5-13-39(14-6-1)45(40-15-7-2-8-16-40)43-27-25-33-21-23-35(29-37(33)31-43)36-24-22-34-26-28-44(32-38(34)30-36)46(41-17-9-3-10-18-41)42-19-11-4-12-20-42/h1-32H. The zero-order valence-corrected chi connectivity index (χ0v) is 27.2. The molecule has 0 fully saturated rings. The van der Waals surface area contributed by atoms with Gasteiger partial charge < -0.3 is 0 Å². The molecule has 218 valence electrons. The van der Waals surface area contributed by atoms with Gasteiger partial charge in [0.2, 0.25) is 0 Å². The van der Waals surface area contributed by atoms with Crippen LogP contribution in [-0.4, -0.2) is 0 Å². The Bertz CT molecular complexity index is 2000. The van der Waals surface area contributed by atoms with E-state index in [4.69, 9.17) is 0 Å². The van der Waals surface area contributed by atoms with Crippen molar-refractivity contribution in [2.75, 3.05) is 0 Å². The van der Waals surface area contributed by atoms with Crippen LogP contribution in [0.5, 0.6) is 0 Å². The van der Waals surface area contributed by atoms with Crippen LogP contribution < -0.4 is 31.8 Å². The quantitative estimate of drug-likeness (QED) is 0.156. The maximum Gasteiger partial charge on any atom is -0.0134 e. The largest absolute Gasteiger partial charge is 0.0622 e. The molecule has 0 amide bonds. The van der Waals surface area contributed by atoms with Crippen LogP contribution in [0.3, 0.4) is 0 Å². The minimum atomic E-state index is -0.653. The smallest absolute Gasteiger partial charge is 0.0134 e. The monoisotopic (exact) mass is 622 g/mol. The summed E-state index contributed by atoms with van der Waals surface area (Å²) in [7, 11) is -1.31. The van der Waals surface area contributed by atoms with Crippen LogP contribution in [0, 0.1) is 0 Å². The van der Waals surface area contributed by atoms with Gasteiger partial charge in [0.05, 0.1) is 0 Å². The lowest BCUT2D eigenvalue weighted by molar-refractivity contribution is 1.68. The zero-order chi connectivity index (χ0) is 30.7. The molecule has 0 bridgehead atoms. The van der Waals surface area contributed by atoms with E-state index >= 15 is 0 Å². The van der Waals surface area contributed by atoms with Crippen LogP contribution in [0.1, 0.15) is 0 Å². The van der Waals surface area contributed by atoms with E-state index in [1.165, 1.54) is 64.5 Å². The van der Waals surface area contributed by atoms with Gasteiger partial charge >= 0.3 is 0 Å². The molecule has 0 aromatic heterocycles. The lowest BCUT2D eigenvalue weighted by atomic mass is 9.99. The second kappa shape index (κ2) is 12.9. The Morgan fingerprint density at radius 3 is 0.848 bits per heavy atom. The van der Waals surface area contributed by atoms with Gasteiger partial charge in [0, 0.05) is 0 Å². The lowest BCUT2D eigenvalue weighted by Crippen LogP contribution is -2.20. The Labute approximate surface area is 273 Å². The maximum atomic E-state index is 2.41. The van der Waals surface area contributed by atoms with Crippen molar-refractivity contribution in [1.82, 2.24) is 0 Å². The first-order valence-corrected chi connectivity index (χ1v) is 18.4. The molecule has 8 rings (SSSR count). The van der Waals surface area contributed by atoms with Crippen LogP contribution >= 0.6 is 15.8 Å². The highest BCUT2D eigenvalue weighted by molar-refractivity contribution is 7.80. The van der Waals surface area contributed by atoms with E-state index in [1.54, 1.807) is 0 Å². The molecule has 0 heterocycles. The van der Waals surface area contributed by atoms with E-state index < -0.39 is 15.8 Å². The predicted molar refractivity (Wildman–Crippen MR) is 204 cm³/mol. The first-order valence-electron chi connectivity index (χ1n) is 15.7. The molecule has 2 heteroatoms. The summed E-state index contributed by atoms with van der Waals surface area (Å²) < 4.78 is 0. The molecule has 0 aliphatic heterocycles. The Balaban J connectivity index is 1.20. The van der Waals surface area contributed by atoms with E-state index in [-0.39, 0.29) is 0 Å². The number of fused-ring (bicyclic) bond motifs is 2. The molecule has 8 aromatic carbocycles. The van der Waals surface area contributed by atoms with Crippen LogP contribution in [-0.2, 0) is 0 Å². The highest BCUT2D eigenvalue weighted by Crippen LogP contribution is 2.36. The van der Waals surface area contributed by atoms with Crippen molar-refractivity contribution < 1.29 is 0 Å². The van der Waals surface area contributed by atoms with E-state index in [9.17, 15) is 0 Å². The summed E-state index contributed by atoms with van der Waals surface area (Å²) in [4.78, 5) is 0. The predicted octanol–water partition coefficient (Wildman–Crippen LogP) is 9.18. The molecule has 0 spiro atoms. The van der Waals surface area contributed by atoms with Crippen molar-refractivity contribution in [3.05, 3.63) is 194 Å². The summed E-state index contributed by atoms with van der Waals surface area (Å²) in [6.45, 7) is 0. The molecule has 0 radical (unpaired) electrons. The van der Waals surface area contributed by atoms with Crippen LogP contribution in [0.15, 0.2) is 194 Å². The number of benzene rings is 8. The third-order valence-corrected chi connectivity index (χ3v) is 13.4. The van der Waals surface area contributed by atoms with Crippen molar-refractivity contribution in [1.29, 1.82) is 0 Å². The molecule has 0 saturated carbocycles. The average molecular weight is 623 g/mol. The van der Waals surface area contributed by atoms with Crippen LogP contribution in [0.2, 0.25) is 0 Å². The zero-order valence-electron chi connectivity index (χ0n) is 25.4. The van der Waals surface area contributed by atoms with Gasteiger partial charge in [-0.2, -0.15) is 0 Å². The van der Waals surface area contributed by atoms with Gasteiger partial charge in [0.25, 0.3) is 0 Å². The molecule has 0 aliphatic rings. The first-order chi connectivity index (χ1) is 22.8. The Hall–Kier alpha value is -4.86. The normalized spacial score (nSPS) is 11.4. The summed E-state index contributed by atoms with van der Waals surface area (Å²) in [6.07, 6.45) is 0. The average Bonchev–Trinajstić information content (AvgIpc) is 3.13. The molecule has 0 saturated heterocycles. The second-order valence-electron chi connectivity index (χ2n) is 11.5. The minimum Gasteiger partial charge on any atom is -0.0622 e. The van der Waals surface area contributed by atoms with Gasteiger partial charge in [-0.3, -0.25) is 0 Å². The van der Waals surface area contributed by atoms with E-state index in [0.717, 1.165) is 0 Å². The van der Waals surface area contributed by atoms with Gasteiger partial charge in [0.1, 0.15) is 0 Å². The summed E-state index contributed by atoms with van der Waals surface area (Å²) in [5, 5.41) is 13.3. The molecule has 8 aromatic rings. The van der Waals surface area contributed by atoms with Crippen molar-refractivity contribution in [2.24, 2.45) is 0 Å². The Morgan fingerprint density at radius 2 is 0.522 bits per heavy atom. The van der Waals surface area contributed by atoms with Crippen molar-refractivity contribution in [3.8, 4) is 11.1 Å². The third-order valence-electron chi connectivity index (χ3n) is 8.55. The van der Waals surface area contributed by atoms with Crippen LogP contribution in [0.25, 0.3) is 32.7 Å². The van der Waals surface area contributed by atoms with E-state index in [1.807, 2.05) is 0 Å². The number of hydrogen-bond donors (Lipinski definition) is 0. The molecule has 0 atom stereocenters. The van der Waals surface area contributed by atoms with Gasteiger partial charge in [-0.1, -0.05) is 170 Å².